The highest BCUT2D eigenvalue weighted by molar-refractivity contribution is 7.00. The van der Waals surface area contributed by atoms with Gasteiger partial charge in [0.1, 0.15) is 0 Å². The SMILES string of the molecule is CC(C)(C)c1cc(-c2ccccc2)c(N2c3cc(-c4ccccc4)ccc3B3c4ccc(-c5c6ccccc6cc6ccccc56)cc4N(c4c(-c5ccccc5)cc(C(C)(C)C)cc4-c4ccccc4)c4cccc2c43)c(-c2ccccc2)c1. The maximum absolute atomic E-state index is 2.68. The summed E-state index contributed by atoms with van der Waals surface area (Å²) in [4.78, 5) is 5.34. The van der Waals surface area contributed by atoms with E-state index in [0.29, 0.717) is 0 Å². The van der Waals surface area contributed by atoms with Gasteiger partial charge in [0.2, 0.25) is 0 Å². The molecule has 0 radical (unpaired) electrons. The molecule has 85 heavy (non-hydrogen) atoms. The lowest BCUT2D eigenvalue weighted by molar-refractivity contribution is 0.590. The zero-order valence-corrected chi connectivity index (χ0v) is 49.1. The molecule has 0 unspecified atom stereocenters. The van der Waals surface area contributed by atoms with Crippen LogP contribution < -0.4 is 26.2 Å². The quantitative estimate of drug-likeness (QED) is 0.111. The topological polar surface area (TPSA) is 6.48 Å². The van der Waals surface area contributed by atoms with Gasteiger partial charge in [-0.3, -0.25) is 0 Å². The Labute approximate surface area is 501 Å². The van der Waals surface area contributed by atoms with Crippen molar-refractivity contribution in [2.24, 2.45) is 0 Å². The van der Waals surface area contributed by atoms with E-state index in [0.717, 1.165) is 28.4 Å². The summed E-state index contributed by atoms with van der Waals surface area (Å²) < 4.78 is 0. The van der Waals surface area contributed by atoms with E-state index in [9.17, 15) is 0 Å². The Morgan fingerprint density at radius 1 is 0.271 bits per heavy atom. The molecule has 0 atom stereocenters. The van der Waals surface area contributed by atoms with Crippen LogP contribution in [0, 0.1) is 0 Å². The van der Waals surface area contributed by atoms with Crippen molar-refractivity contribution in [3.63, 3.8) is 0 Å². The standard InChI is InChI=1S/C82H65BN2/c1-81(2,3)63-50-67(55-29-14-8-15-30-55)79(68(51-63)56-31-16-9-17-32-56)84-73-41-26-42-74-78(73)83(71-45-43-59(48-75(71)84)54-27-12-7-13-28-54)72-46-44-62(77-65-39-24-22-37-60(65)47-61-38-23-25-40-66(61)77)49-76(72)85(74)80-69(57-33-18-10-19-34-57)52-64(82(4,5)6)53-70(80)58-35-20-11-21-36-58/h7-53H,1-6H3. The summed E-state index contributed by atoms with van der Waals surface area (Å²) in [5.41, 5.74) is 27.3. The lowest BCUT2D eigenvalue weighted by Gasteiger charge is -2.46. The largest absolute Gasteiger partial charge is 0.310 e. The molecular weight excluding hydrogens is 1020 g/mol. The monoisotopic (exact) mass is 1090 g/mol. The molecule has 13 aromatic rings. The highest BCUT2D eigenvalue weighted by atomic mass is 15.2. The molecule has 406 valence electrons. The van der Waals surface area contributed by atoms with Crippen LogP contribution in [-0.4, -0.2) is 6.71 Å². The van der Waals surface area contributed by atoms with Gasteiger partial charge >= 0.3 is 0 Å². The van der Waals surface area contributed by atoms with Gasteiger partial charge in [-0.15, -0.1) is 0 Å². The molecule has 0 fully saturated rings. The van der Waals surface area contributed by atoms with Gasteiger partial charge < -0.3 is 9.80 Å². The summed E-state index contributed by atoms with van der Waals surface area (Å²) >= 11 is 0. The van der Waals surface area contributed by atoms with Crippen molar-refractivity contribution in [1.29, 1.82) is 0 Å². The molecule has 2 aliphatic heterocycles. The van der Waals surface area contributed by atoms with E-state index in [2.05, 4.69) is 336 Å². The van der Waals surface area contributed by atoms with E-state index in [-0.39, 0.29) is 17.5 Å². The highest BCUT2D eigenvalue weighted by Gasteiger charge is 2.45. The average Bonchev–Trinajstić information content (AvgIpc) is 0.743. The molecular formula is C82H65BN2. The van der Waals surface area contributed by atoms with Crippen LogP contribution in [0.5, 0.6) is 0 Å². The second kappa shape index (κ2) is 20.4. The molecule has 0 saturated carbocycles. The third-order valence-electron chi connectivity index (χ3n) is 17.9. The zero-order chi connectivity index (χ0) is 57.6. The lowest BCUT2D eigenvalue weighted by atomic mass is 9.33. The summed E-state index contributed by atoms with van der Waals surface area (Å²) in [5.74, 6) is 0. The number of benzene rings is 13. The second-order valence-electron chi connectivity index (χ2n) is 25.2. The maximum Gasteiger partial charge on any atom is 0.252 e. The molecule has 15 rings (SSSR count). The minimum Gasteiger partial charge on any atom is -0.310 e. The molecule has 0 saturated heterocycles. The Morgan fingerprint density at radius 3 is 1.00 bits per heavy atom. The Hall–Kier alpha value is -9.96. The van der Waals surface area contributed by atoms with Gasteiger partial charge in [0, 0.05) is 45.0 Å². The number of hydrogen-bond acceptors (Lipinski definition) is 2. The molecule has 0 aliphatic carbocycles. The highest BCUT2D eigenvalue weighted by Crippen LogP contribution is 2.55. The predicted octanol–water partition coefficient (Wildman–Crippen LogP) is 20.7. The first-order valence-electron chi connectivity index (χ1n) is 30.0. The van der Waals surface area contributed by atoms with E-state index in [1.807, 2.05) is 0 Å². The Morgan fingerprint density at radius 2 is 0.612 bits per heavy atom. The van der Waals surface area contributed by atoms with Gasteiger partial charge in [-0.2, -0.15) is 0 Å². The van der Waals surface area contributed by atoms with Crippen molar-refractivity contribution < 1.29 is 0 Å². The van der Waals surface area contributed by atoms with E-state index in [1.165, 1.54) is 122 Å². The molecule has 2 heterocycles. The predicted molar refractivity (Wildman–Crippen MR) is 365 cm³/mol. The number of nitrogens with zero attached hydrogens (tertiary/aromatic N) is 2. The molecule has 2 nitrogen and oxygen atoms in total. The fraction of sp³-hybridized carbons (Fsp3) is 0.0976. The minimum absolute atomic E-state index is 0.139. The third kappa shape index (κ3) is 8.88. The molecule has 0 amide bonds. The Bertz CT molecular complexity index is 4540. The van der Waals surface area contributed by atoms with Crippen LogP contribution in [0.2, 0.25) is 0 Å². The van der Waals surface area contributed by atoms with Gasteiger partial charge in [-0.25, -0.2) is 0 Å². The van der Waals surface area contributed by atoms with Crippen LogP contribution in [0.1, 0.15) is 52.7 Å². The molecule has 3 heteroatoms. The van der Waals surface area contributed by atoms with Crippen LogP contribution in [0.4, 0.5) is 34.1 Å². The smallest absolute Gasteiger partial charge is 0.252 e. The lowest BCUT2D eigenvalue weighted by Crippen LogP contribution is -2.61. The Balaban J connectivity index is 1.11. The van der Waals surface area contributed by atoms with E-state index in [4.69, 9.17) is 0 Å². The molecule has 2 aliphatic rings. The van der Waals surface area contributed by atoms with Gasteiger partial charge in [0.05, 0.1) is 11.4 Å². The normalized spacial score (nSPS) is 12.8. The summed E-state index contributed by atoms with van der Waals surface area (Å²) in [6.07, 6.45) is 0. The first-order valence-corrected chi connectivity index (χ1v) is 30.0. The summed E-state index contributed by atoms with van der Waals surface area (Å²) in [7, 11) is 0. The Kier molecular flexibility index (Phi) is 12.5. The van der Waals surface area contributed by atoms with Crippen LogP contribution in [0.25, 0.3) is 88.3 Å². The molecule has 13 aromatic carbocycles. The number of rotatable bonds is 8. The van der Waals surface area contributed by atoms with Crippen molar-refractivity contribution in [1.82, 2.24) is 0 Å². The number of hydrogen-bond donors (Lipinski definition) is 0. The average molecular weight is 1090 g/mol. The van der Waals surface area contributed by atoms with Gasteiger partial charge in [-0.05, 0) is 159 Å². The van der Waals surface area contributed by atoms with Crippen LogP contribution in [-0.2, 0) is 10.8 Å². The van der Waals surface area contributed by atoms with Gasteiger partial charge in [0.25, 0.3) is 6.71 Å². The minimum atomic E-state index is -0.150. The van der Waals surface area contributed by atoms with Crippen molar-refractivity contribution >= 4 is 78.8 Å². The first-order chi connectivity index (χ1) is 41.5. The van der Waals surface area contributed by atoms with Crippen molar-refractivity contribution in [3.8, 4) is 66.8 Å². The van der Waals surface area contributed by atoms with E-state index < -0.39 is 0 Å². The fourth-order valence-electron chi connectivity index (χ4n) is 13.7. The number of fused-ring (bicyclic) bond motifs is 6. The second-order valence-corrected chi connectivity index (χ2v) is 25.2. The molecule has 0 bridgehead atoms. The van der Waals surface area contributed by atoms with Crippen molar-refractivity contribution in [2.45, 2.75) is 52.4 Å². The van der Waals surface area contributed by atoms with Crippen LogP contribution in [0.15, 0.2) is 285 Å². The maximum atomic E-state index is 2.68. The van der Waals surface area contributed by atoms with E-state index >= 15 is 0 Å². The summed E-state index contributed by atoms with van der Waals surface area (Å²) in [5, 5.41) is 4.94. The van der Waals surface area contributed by atoms with Crippen molar-refractivity contribution in [2.75, 3.05) is 9.80 Å². The third-order valence-corrected chi connectivity index (χ3v) is 17.9. The van der Waals surface area contributed by atoms with E-state index in [1.54, 1.807) is 0 Å². The van der Waals surface area contributed by atoms with Crippen molar-refractivity contribution in [3.05, 3.63) is 296 Å². The molecule has 0 spiro atoms. The first kappa shape index (κ1) is 51.9. The summed E-state index contributed by atoms with van der Waals surface area (Å²) in [6, 6.07) is 107. The zero-order valence-electron chi connectivity index (χ0n) is 49.1. The van der Waals surface area contributed by atoms with Gasteiger partial charge in [0.15, 0.2) is 0 Å². The number of anilines is 6. The summed E-state index contributed by atoms with van der Waals surface area (Å²) in [6.45, 7) is 13.9. The van der Waals surface area contributed by atoms with Crippen LogP contribution in [0.3, 0.4) is 0 Å². The van der Waals surface area contributed by atoms with Gasteiger partial charge in [-0.1, -0.05) is 272 Å². The van der Waals surface area contributed by atoms with Crippen LogP contribution >= 0.6 is 0 Å². The molecule has 0 N–H and O–H groups in total. The fourth-order valence-corrected chi connectivity index (χ4v) is 13.7. The molecule has 0 aromatic heterocycles.